The molecule has 0 saturated carbocycles. The molecule has 2 heterocycles. The third-order valence-corrected chi connectivity index (χ3v) is 4.08. The molecule has 2 aromatic rings. The molecule has 0 fully saturated rings. The lowest BCUT2D eigenvalue weighted by Gasteiger charge is -2.11. The molecule has 0 saturated heterocycles. The number of aryl methyl sites for hydroxylation is 1. The van der Waals surface area contributed by atoms with Crippen molar-refractivity contribution in [1.82, 2.24) is 14.8 Å². The molecule has 0 aliphatic carbocycles. The van der Waals surface area contributed by atoms with Crippen LogP contribution in [0.4, 0.5) is 0 Å². The number of rotatable bonds is 4. The topological polar surface area (TPSA) is 56.7 Å². The molecule has 6 heteroatoms. The minimum atomic E-state index is 0.263. The lowest BCUT2D eigenvalue weighted by atomic mass is 10.2. The van der Waals surface area contributed by atoms with Crippen LogP contribution in [0, 0.1) is 0 Å². The molecule has 2 aromatic heterocycles. The molecule has 2 rings (SSSR count). The third-order valence-electron chi connectivity index (χ3n) is 2.05. The van der Waals surface area contributed by atoms with Crippen molar-refractivity contribution < 1.29 is 0 Å². The molecular formula is C9H12N4S2. The zero-order valence-corrected chi connectivity index (χ0v) is 9.96. The largest absolute Gasteiger partial charge is 0.329 e. The average Bonchev–Trinajstić information content (AvgIpc) is 2.86. The predicted octanol–water partition coefficient (Wildman–Crippen LogP) is 1.67. The first-order chi connectivity index (χ1) is 7.31. The van der Waals surface area contributed by atoms with Crippen molar-refractivity contribution in [1.29, 1.82) is 0 Å². The van der Waals surface area contributed by atoms with Crippen molar-refractivity contribution in [3.63, 3.8) is 0 Å². The number of thioether (sulfide) groups is 1. The normalized spacial score (nSPS) is 12.9. The summed E-state index contributed by atoms with van der Waals surface area (Å²) in [5.41, 5.74) is 7.02. The van der Waals surface area contributed by atoms with Crippen LogP contribution in [0.15, 0.2) is 28.3 Å². The molecule has 0 amide bonds. The third kappa shape index (κ3) is 2.39. The van der Waals surface area contributed by atoms with E-state index in [0.717, 1.165) is 5.16 Å². The van der Waals surface area contributed by atoms with Gasteiger partial charge in [-0.2, -0.15) is 11.3 Å². The summed E-state index contributed by atoms with van der Waals surface area (Å²) in [6.45, 7) is 0.605. The van der Waals surface area contributed by atoms with Gasteiger partial charge in [0.25, 0.3) is 0 Å². The van der Waals surface area contributed by atoms with E-state index in [1.165, 1.54) is 5.56 Å². The van der Waals surface area contributed by atoms with Crippen LogP contribution in [0.1, 0.15) is 10.8 Å². The lowest BCUT2D eigenvalue weighted by molar-refractivity contribution is 0.781. The van der Waals surface area contributed by atoms with Gasteiger partial charge in [-0.05, 0) is 22.4 Å². The predicted molar refractivity (Wildman–Crippen MR) is 63.0 cm³/mol. The molecule has 80 valence electrons. The molecule has 15 heavy (non-hydrogen) atoms. The van der Waals surface area contributed by atoms with Crippen molar-refractivity contribution >= 4 is 23.1 Å². The van der Waals surface area contributed by atoms with Crippen LogP contribution in [-0.4, -0.2) is 21.3 Å². The Bertz CT molecular complexity index is 409. The van der Waals surface area contributed by atoms with Gasteiger partial charge < -0.3 is 10.3 Å². The van der Waals surface area contributed by atoms with E-state index in [2.05, 4.69) is 27.0 Å². The Morgan fingerprint density at radius 3 is 3.07 bits per heavy atom. The number of hydrogen-bond acceptors (Lipinski definition) is 5. The maximum atomic E-state index is 5.76. The summed E-state index contributed by atoms with van der Waals surface area (Å²) < 4.78 is 1.90. The van der Waals surface area contributed by atoms with E-state index in [-0.39, 0.29) is 5.25 Å². The highest BCUT2D eigenvalue weighted by molar-refractivity contribution is 7.99. The van der Waals surface area contributed by atoms with Gasteiger partial charge in [-0.1, -0.05) is 11.8 Å². The SMILES string of the molecule is Cn1cnnc1SC(CN)c1ccsc1. The standard InChI is InChI=1S/C9H12N4S2/c1-13-6-11-12-9(13)15-8(4-10)7-2-3-14-5-7/h2-3,5-6,8H,4,10H2,1H3. The van der Waals surface area contributed by atoms with Gasteiger partial charge in [0, 0.05) is 13.6 Å². The van der Waals surface area contributed by atoms with Gasteiger partial charge in [0.2, 0.25) is 0 Å². The summed E-state index contributed by atoms with van der Waals surface area (Å²) in [4.78, 5) is 0. The van der Waals surface area contributed by atoms with Crippen LogP contribution >= 0.6 is 23.1 Å². The monoisotopic (exact) mass is 240 g/mol. The number of nitrogens with two attached hydrogens (primary N) is 1. The van der Waals surface area contributed by atoms with Crippen LogP contribution in [0.2, 0.25) is 0 Å². The van der Waals surface area contributed by atoms with E-state index in [4.69, 9.17) is 5.73 Å². The van der Waals surface area contributed by atoms with Gasteiger partial charge in [-0.15, -0.1) is 10.2 Å². The second kappa shape index (κ2) is 4.78. The molecule has 1 unspecified atom stereocenters. The Hall–Kier alpha value is -0.850. The Morgan fingerprint density at radius 1 is 1.67 bits per heavy atom. The second-order valence-electron chi connectivity index (χ2n) is 3.12. The summed E-state index contributed by atoms with van der Waals surface area (Å²) in [5.74, 6) is 0. The van der Waals surface area contributed by atoms with Crippen LogP contribution in [-0.2, 0) is 7.05 Å². The zero-order chi connectivity index (χ0) is 10.7. The Kier molecular flexibility index (Phi) is 3.40. The zero-order valence-electron chi connectivity index (χ0n) is 8.33. The van der Waals surface area contributed by atoms with E-state index in [9.17, 15) is 0 Å². The summed E-state index contributed by atoms with van der Waals surface area (Å²) in [6, 6.07) is 2.10. The maximum Gasteiger partial charge on any atom is 0.191 e. The molecule has 0 bridgehead atoms. The Labute approximate surface area is 96.5 Å². The van der Waals surface area contributed by atoms with Crippen LogP contribution in [0.25, 0.3) is 0 Å². The molecule has 0 aliphatic rings. The van der Waals surface area contributed by atoms with Gasteiger partial charge in [0.05, 0.1) is 5.25 Å². The van der Waals surface area contributed by atoms with Crippen LogP contribution < -0.4 is 5.73 Å². The molecular weight excluding hydrogens is 228 g/mol. The Balaban J connectivity index is 2.13. The van der Waals surface area contributed by atoms with E-state index in [1.807, 2.05) is 11.6 Å². The van der Waals surface area contributed by atoms with Crippen LogP contribution in [0.5, 0.6) is 0 Å². The number of aromatic nitrogens is 3. The first-order valence-corrected chi connectivity index (χ1v) is 6.36. The molecule has 1 atom stereocenters. The number of thiophene rings is 1. The minimum absolute atomic E-state index is 0.263. The highest BCUT2D eigenvalue weighted by atomic mass is 32.2. The van der Waals surface area contributed by atoms with Gasteiger partial charge in [0.1, 0.15) is 6.33 Å². The van der Waals surface area contributed by atoms with Crippen molar-refractivity contribution in [2.75, 3.05) is 6.54 Å². The van der Waals surface area contributed by atoms with Crippen molar-refractivity contribution in [3.8, 4) is 0 Å². The molecule has 0 aliphatic heterocycles. The van der Waals surface area contributed by atoms with Gasteiger partial charge in [-0.3, -0.25) is 0 Å². The van der Waals surface area contributed by atoms with Crippen molar-refractivity contribution in [3.05, 3.63) is 28.7 Å². The highest BCUT2D eigenvalue weighted by Crippen LogP contribution is 2.33. The molecule has 0 radical (unpaired) electrons. The summed E-state index contributed by atoms with van der Waals surface area (Å²) in [5, 5.41) is 13.2. The molecule has 0 spiro atoms. The minimum Gasteiger partial charge on any atom is -0.329 e. The first-order valence-electron chi connectivity index (χ1n) is 4.54. The van der Waals surface area contributed by atoms with Crippen molar-refractivity contribution in [2.24, 2.45) is 12.8 Å². The summed E-state index contributed by atoms with van der Waals surface area (Å²) >= 11 is 3.34. The quantitative estimate of drug-likeness (QED) is 0.826. The van der Waals surface area contributed by atoms with E-state index in [1.54, 1.807) is 29.4 Å². The highest BCUT2D eigenvalue weighted by Gasteiger charge is 2.14. The maximum absolute atomic E-state index is 5.76. The fraction of sp³-hybridized carbons (Fsp3) is 0.333. The fourth-order valence-corrected chi connectivity index (χ4v) is 2.96. The number of nitrogens with zero attached hydrogens (tertiary/aromatic N) is 3. The van der Waals surface area contributed by atoms with Crippen LogP contribution in [0.3, 0.4) is 0 Å². The smallest absolute Gasteiger partial charge is 0.191 e. The van der Waals surface area contributed by atoms with Gasteiger partial charge in [-0.25, -0.2) is 0 Å². The lowest BCUT2D eigenvalue weighted by Crippen LogP contribution is -2.09. The first kappa shape index (κ1) is 10.7. The Morgan fingerprint density at radius 2 is 2.53 bits per heavy atom. The molecule has 2 N–H and O–H groups in total. The summed E-state index contributed by atoms with van der Waals surface area (Å²) in [7, 11) is 1.93. The van der Waals surface area contributed by atoms with Crippen molar-refractivity contribution in [2.45, 2.75) is 10.4 Å². The van der Waals surface area contributed by atoms with E-state index < -0.39 is 0 Å². The van der Waals surface area contributed by atoms with Gasteiger partial charge in [0.15, 0.2) is 5.16 Å². The molecule has 0 aromatic carbocycles. The fourth-order valence-electron chi connectivity index (χ4n) is 1.22. The molecule has 4 nitrogen and oxygen atoms in total. The average molecular weight is 240 g/mol. The number of hydrogen-bond donors (Lipinski definition) is 1. The van der Waals surface area contributed by atoms with E-state index >= 15 is 0 Å². The van der Waals surface area contributed by atoms with E-state index in [0.29, 0.717) is 6.54 Å². The summed E-state index contributed by atoms with van der Waals surface area (Å²) in [6.07, 6.45) is 1.70. The van der Waals surface area contributed by atoms with Gasteiger partial charge >= 0.3 is 0 Å². The second-order valence-corrected chi connectivity index (χ2v) is 5.07.